The molecule has 0 N–H and O–H groups in total. The van der Waals surface area contributed by atoms with Crippen LogP contribution in [0, 0.1) is 11.7 Å². The van der Waals surface area contributed by atoms with Crippen LogP contribution in [0.25, 0.3) is 0 Å². The molecule has 2 aromatic carbocycles. The number of rotatable bonds is 10. The molecule has 2 amide bonds. The fourth-order valence-electron chi connectivity index (χ4n) is 3.99. The highest BCUT2D eigenvalue weighted by Gasteiger charge is 2.30. The zero-order valence-electron chi connectivity index (χ0n) is 19.6. The van der Waals surface area contributed by atoms with Crippen molar-refractivity contribution in [1.29, 1.82) is 0 Å². The van der Waals surface area contributed by atoms with Gasteiger partial charge in [0.1, 0.15) is 11.6 Å². The van der Waals surface area contributed by atoms with Crippen molar-refractivity contribution in [2.45, 2.75) is 25.8 Å². The average Bonchev–Trinajstić information content (AvgIpc) is 2.83. The molecule has 2 aromatic rings. The number of para-hydroxylation sites is 1. The van der Waals surface area contributed by atoms with Crippen molar-refractivity contribution in [3.63, 3.8) is 0 Å². The van der Waals surface area contributed by atoms with Crippen molar-refractivity contribution in [1.82, 2.24) is 14.7 Å². The average molecular weight is 456 g/mol. The van der Waals surface area contributed by atoms with Crippen molar-refractivity contribution >= 4 is 11.8 Å². The number of piperidine rings is 1. The van der Waals surface area contributed by atoms with Crippen LogP contribution in [0.4, 0.5) is 4.39 Å². The molecule has 1 heterocycles. The van der Waals surface area contributed by atoms with Crippen LogP contribution in [-0.2, 0) is 16.1 Å². The fraction of sp³-hybridized carbons (Fsp3) is 0.462. The Morgan fingerprint density at radius 3 is 2.33 bits per heavy atom. The topological polar surface area (TPSA) is 53.1 Å². The lowest BCUT2D eigenvalue weighted by Gasteiger charge is -2.35. The number of carbonyl (C=O) groups excluding carboxylic acids is 2. The molecule has 0 bridgehead atoms. The van der Waals surface area contributed by atoms with E-state index >= 15 is 0 Å². The number of likely N-dealkylation sites (N-methyl/N-ethyl adjacent to an activating group) is 1. The molecule has 0 radical (unpaired) electrons. The number of likely N-dealkylation sites (tertiary alicyclic amines) is 1. The normalized spacial score (nSPS) is 14.4. The monoisotopic (exact) mass is 455 g/mol. The van der Waals surface area contributed by atoms with Gasteiger partial charge in [-0.1, -0.05) is 36.4 Å². The summed E-state index contributed by atoms with van der Waals surface area (Å²) < 4.78 is 19.8. The predicted molar refractivity (Wildman–Crippen MR) is 126 cm³/mol. The highest BCUT2D eigenvalue weighted by Crippen LogP contribution is 2.22. The van der Waals surface area contributed by atoms with Gasteiger partial charge in [-0.15, -0.1) is 0 Å². The lowest BCUT2D eigenvalue weighted by molar-refractivity contribution is -0.141. The minimum absolute atomic E-state index is 0.0413. The Kier molecular flexibility index (Phi) is 9.24. The van der Waals surface area contributed by atoms with Crippen LogP contribution in [0.5, 0.6) is 5.75 Å². The van der Waals surface area contributed by atoms with Crippen LogP contribution in [0.1, 0.15) is 24.8 Å². The minimum atomic E-state index is -0.293. The molecule has 33 heavy (non-hydrogen) atoms. The summed E-state index contributed by atoms with van der Waals surface area (Å²) in [5.74, 6) is 0.399. The number of nitrogens with zero attached hydrogens (tertiary/aromatic N) is 3. The number of ether oxygens (including phenoxy) is 1. The Balaban J connectivity index is 1.50. The van der Waals surface area contributed by atoms with Crippen molar-refractivity contribution in [3.8, 4) is 5.75 Å². The molecular weight excluding hydrogens is 421 g/mol. The van der Waals surface area contributed by atoms with Crippen LogP contribution < -0.4 is 4.74 Å². The van der Waals surface area contributed by atoms with E-state index in [2.05, 4.69) is 0 Å². The summed E-state index contributed by atoms with van der Waals surface area (Å²) in [6, 6.07) is 16.0. The molecular formula is C26H34FN3O3. The fourth-order valence-corrected chi connectivity index (χ4v) is 3.99. The van der Waals surface area contributed by atoms with Crippen LogP contribution in [0.3, 0.4) is 0 Å². The van der Waals surface area contributed by atoms with Crippen molar-refractivity contribution in [3.05, 3.63) is 66.0 Å². The van der Waals surface area contributed by atoms with E-state index < -0.39 is 0 Å². The van der Waals surface area contributed by atoms with Gasteiger partial charge in [0.15, 0.2) is 0 Å². The van der Waals surface area contributed by atoms with Gasteiger partial charge in [0.25, 0.3) is 0 Å². The first-order valence-corrected chi connectivity index (χ1v) is 11.6. The highest BCUT2D eigenvalue weighted by molar-refractivity contribution is 5.80. The molecule has 1 aliphatic heterocycles. The summed E-state index contributed by atoms with van der Waals surface area (Å²) in [5.41, 5.74) is 0.524. The standard InChI is InChI=1S/C26H34FN3O3/c1-28(2)17-18-30(20-22-8-6-7-11-24(22)27)26(32)21-12-15-29(16-13-21)25(31)14-19-33-23-9-4-3-5-10-23/h3-11,21H,12-20H2,1-2H3. The maximum Gasteiger partial charge on any atom is 0.226 e. The van der Waals surface area contributed by atoms with E-state index in [4.69, 9.17) is 4.74 Å². The van der Waals surface area contributed by atoms with Crippen LogP contribution in [0.15, 0.2) is 54.6 Å². The lowest BCUT2D eigenvalue weighted by Crippen LogP contribution is -2.45. The first-order chi connectivity index (χ1) is 15.9. The maximum absolute atomic E-state index is 14.2. The molecule has 0 aliphatic carbocycles. The van der Waals surface area contributed by atoms with Crippen molar-refractivity contribution in [2.24, 2.45) is 5.92 Å². The third-order valence-corrected chi connectivity index (χ3v) is 5.97. The number of hydrogen-bond acceptors (Lipinski definition) is 4. The Morgan fingerprint density at radius 2 is 1.67 bits per heavy atom. The van der Waals surface area contributed by atoms with Gasteiger partial charge < -0.3 is 19.4 Å². The van der Waals surface area contributed by atoms with E-state index in [1.165, 1.54) is 6.07 Å². The Labute approximate surface area is 195 Å². The summed E-state index contributed by atoms with van der Waals surface area (Å²) in [6.45, 7) is 2.96. The van der Waals surface area contributed by atoms with Crippen molar-refractivity contribution in [2.75, 3.05) is 46.9 Å². The second-order valence-corrected chi connectivity index (χ2v) is 8.72. The third-order valence-electron chi connectivity index (χ3n) is 5.97. The lowest BCUT2D eigenvalue weighted by atomic mass is 9.94. The quantitative estimate of drug-likeness (QED) is 0.551. The van der Waals surface area contributed by atoms with E-state index in [1.807, 2.05) is 54.2 Å². The minimum Gasteiger partial charge on any atom is -0.493 e. The summed E-state index contributed by atoms with van der Waals surface area (Å²) in [6.07, 6.45) is 1.56. The van der Waals surface area contributed by atoms with Crippen LogP contribution >= 0.6 is 0 Å². The second kappa shape index (κ2) is 12.3. The number of benzene rings is 2. The summed E-state index contributed by atoms with van der Waals surface area (Å²) in [5, 5.41) is 0. The van der Waals surface area contributed by atoms with Gasteiger partial charge in [0, 0.05) is 44.2 Å². The first-order valence-electron chi connectivity index (χ1n) is 11.6. The van der Waals surface area contributed by atoms with Gasteiger partial charge in [0.2, 0.25) is 11.8 Å². The smallest absolute Gasteiger partial charge is 0.226 e. The molecule has 1 fully saturated rings. The predicted octanol–water partition coefficient (Wildman–Crippen LogP) is 3.42. The molecule has 0 spiro atoms. The maximum atomic E-state index is 14.2. The molecule has 7 heteroatoms. The summed E-state index contributed by atoms with van der Waals surface area (Å²) in [7, 11) is 3.91. The summed E-state index contributed by atoms with van der Waals surface area (Å²) in [4.78, 5) is 31.4. The van der Waals surface area contributed by atoms with E-state index in [9.17, 15) is 14.0 Å². The van der Waals surface area contributed by atoms with Crippen LogP contribution in [-0.4, -0.2) is 73.4 Å². The first kappa shape index (κ1) is 24.7. The Hall–Kier alpha value is -2.93. The second-order valence-electron chi connectivity index (χ2n) is 8.72. The van der Waals surface area contributed by atoms with Crippen LogP contribution in [0.2, 0.25) is 0 Å². The molecule has 0 saturated carbocycles. The largest absolute Gasteiger partial charge is 0.493 e. The zero-order valence-corrected chi connectivity index (χ0v) is 19.6. The Bertz CT molecular complexity index is 899. The Morgan fingerprint density at radius 1 is 1.00 bits per heavy atom. The van der Waals surface area contributed by atoms with Gasteiger partial charge in [-0.05, 0) is 45.1 Å². The molecule has 178 valence electrons. The number of hydrogen-bond donors (Lipinski definition) is 0. The number of carbonyl (C=O) groups is 2. The van der Waals surface area contributed by atoms with E-state index in [0.29, 0.717) is 57.6 Å². The molecule has 1 saturated heterocycles. The van der Waals surface area contributed by atoms with Crippen molar-refractivity contribution < 1.29 is 18.7 Å². The summed E-state index contributed by atoms with van der Waals surface area (Å²) >= 11 is 0. The van der Waals surface area contributed by atoms with E-state index in [-0.39, 0.29) is 30.1 Å². The van der Waals surface area contributed by atoms with Gasteiger partial charge >= 0.3 is 0 Å². The SMILES string of the molecule is CN(C)CCN(Cc1ccccc1F)C(=O)C1CCN(C(=O)CCOc2ccccc2)CC1. The molecule has 0 atom stereocenters. The third kappa shape index (κ3) is 7.56. The number of halogens is 1. The highest BCUT2D eigenvalue weighted by atomic mass is 19.1. The van der Waals surface area contributed by atoms with E-state index in [0.717, 1.165) is 5.75 Å². The molecule has 0 aromatic heterocycles. The van der Waals surface area contributed by atoms with Gasteiger partial charge in [-0.3, -0.25) is 9.59 Å². The molecule has 1 aliphatic rings. The van der Waals surface area contributed by atoms with Gasteiger partial charge in [-0.25, -0.2) is 4.39 Å². The van der Waals surface area contributed by atoms with Gasteiger partial charge in [-0.2, -0.15) is 0 Å². The number of amides is 2. The van der Waals surface area contributed by atoms with Gasteiger partial charge in [0.05, 0.1) is 13.0 Å². The molecule has 0 unspecified atom stereocenters. The molecule has 6 nitrogen and oxygen atoms in total. The zero-order chi connectivity index (χ0) is 23.6. The molecule has 3 rings (SSSR count). The van der Waals surface area contributed by atoms with E-state index in [1.54, 1.807) is 23.1 Å².